The van der Waals surface area contributed by atoms with Crippen molar-refractivity contribution in [1.29, 1.82) is 0 Å². The third-order valence-corrected chi connectivity index (χ3v) is 4.78. The summed E-state index contributed by atoms with van der Waals surface area (Å²) < 4.78 is 7.17. The maximum absolute atomic E-state index is 12.4. The fraction of sp³-hybridized carbons (Fsp3) is 0.500. The van der Waals surface area contributed by atoms with Gasteiger partial charge in [-0.15, -0.1) is 0 Å². The summed E-state index contributed by atoms with van der Waals surface area (Å²) in [5.74, 6) is 1.01. The average molecular weight is 316 g/mol. The Morgan fingerprint density at radius 2 is 2.17 bits per heavy atom. The summed E-state index contributed by atoms with van der Waals surface area (Å²) in [6, 6.07) is 7.93. The van der Waals surface area contributed by atoms with Gasteiger partial charge < -0.3 is 19.7 Å². The molecule has 1 aliphatic carbocycles. The van der Waals surface area contributed by atoms with Crippen molar-refractivity contribution in [3.05, 3.63) is 30.5 Å². The van der Waals surface area contributed by atoms with E-state index >= 15 is 0 Å². The van der Waals surface area contributed by atoms with Gasteiger partial charge in [-0.25, -0.2) is 0 Å². The minimum Gasteiger partial charge on any atom is -0.497 e. The first-order chi connectivity index (χ1) is 11.2. The van der Waals surface area contributed by atoms with Crippen LogP contribution in [-0.2, 0) is 11.3 Å². The second-order valence-electron chi connectivity index (χ2n) is 6.27. The molecule has 2 aromatic rings. The molecule has 1 heterocycles. The third-order valence-electron chi connectivity index (χ3n) is 4.78. The highest BCUT2D eigenvalue weighted by molar-refractivity contribution is 5.84. The second kappa shape index (κ2) is 7.04. The summed E-state index contributed by atoms with van der Waals surface area (Å²) in [5, 5.41) is 13.6. The summed E-state index contributed by atoms with van der Waals surface area (Å²) in [6.07, 6.45) is 6.14. The molecular weight excluding hydrogens is 292 g/mol. The fourth-order valence-corrected chi connectivity index (χ4v) is 3.47. The summed E-state index contributed by atoms with van der Waals surface area (Å²) in [6.45, 7) is 0.446. The van der Waals surface area contributed by atoms with Gasteiger partial charge in [0.1, 0.15) is 12.3 Å². The second-order valence-corrected chi connectivity index (χ2v) is 6.27. The van der Waals surface area contributed by atoms with Crippen LogP contribution in [0.25, 0.3) is 10.9 Å². The van der Waals surface area contributed by atoms with Gasteiger partial charge >= 0.3 is 0 Å². The van der Waals surface area contributed by atoms with Crippen molar-refractivity contribution in [3.63, 3.8) is 0 Å². The molecule has 2 N–H and O–H groups in total. The van der Waals surface area contributed by atoms with Gasteiger partial charge in [0.05, 0.1) is 7.11 Å². The van der Waals surface area contributed by atoms with Crippen molar-refractivity contribution in [2.45, 2.75) is 38.3 Å². The SMILES string of the molecule is COc1ccc2c(ccn2CC(=O)NC2CCCCC2CO)c1. The van der Waals surface area contributed by atoms with Crippen molar-refractivity contribution in [1.82, 2.24) is 9.88 Å². The number of rotatable bonds is 5. The lowest BCUT2D eigenvalue weighted by atomic mass is 9.85. The van der Waals surface area contributed by atoms with E-state index in [0.717, 1.165) is 42.3 Å². The number of benzene rings is 1. The van der Waals surface area contributed by atoms with E-state index in [4.69, 9.17) is 4.74 Å². The van der Waals surface area contributed by atoms with Gasteiger partial charge in [-0.3, -0.25) is 4.79 Å². The van der Waals surface area contributed by atoms with Crippen molar-refractivity contribution >= 4 is 16.8 Å². The van der Waals surface area contributed by atoms with Crippen LogP contribution in [-0.4, -0.2) is 35.3 Å². The number of methoxy groups -OCH3 is 1. The molecule has 1 aliphatic rings. The van der Waals surface area contributed by atoms with E-state index in [9.17, 15) is 9.90 Å². The van der Waals surface area contributed by atoms with E-state index in [0.29, 0.717) is 6.54 Å². The predicted octanol–water partition coefficient (Wildman–Crippen LogP) is 2.32. The van der Waals surface area contributed by atoms with Gasteiger partial charge in [0.25, 0.3) is 0 Å². The predicted molar refractivity (Wildman–Crippen MR) is 89.5 cm³/mol. The molecule has 124 valence electrons. The smallest absolute Gasteiger partial charge is 0.240 e. The standard InChI is InChI=1S/C18H24N2O3/c1-23-15-6-7-17-13(10-15)8-9-20(17)11-18(22)19-16-5-3-2-4-14(16)12-21/h6-10,14,16,21H,2-5,11-12H2,1H3,(H,19,22). The maximum atomic E-state index is 12.4. The Bertz CT molecular complexity index is 680. The third kappa shape index (κ3) is 3.50. The highest BCUT2D eigenvalue weighted by Crippen LogP contribution is 2.24. The molecule has 23 heavy (non-hydrogen) atoms. The van der Waals surface area contributed by atoms with E-state index in [1.165, 1.54) is 0 Å². The first-order valence-corrected chi connectivity index (χ1v) is 8.24. The Kier molecular flexibility index (Phi) is 4.86. The first-order valence-electron chi connectivity index (χ1n) is 8.24. The molecule has 5 nitrogen and oxygen atoms in total. The largest absolute Gasteiger partial charge is 0.497 e. The Morgan fingerprint density at radius 3 is 2.96 bits per heavy atom. The Balaban J connectivity index is 1.68. The number of fused-ring (bicyclic) bond motifs is 1. The quantitative estimate of drug-likeness (QED) is 0.890. The molecule has 1 amide bonds. The molecule has 0 spiro atoms. The van der Waals surface area contributed by atoms with Crippen molar-refractivity contribution in [2.24, 2.45) is 5.92 Å². The number of nitrogens with zero attached hydrogens (tertiary/aromatic N) is 1. The number of amides is 1. The van der Waals surface area contributed by atoms with Gasteiger partial charge in [-0.1, -0.05) is 12.8 Å². The minimum absolute atomic E-state index is 0.00340. The number of aromatic nitrogens is 1. The van der Waals surface area contributed by atoms with E-state index in [-0.39, 0.29) is 24.5 Å². The van der Waals surface area contributed by atoms with E-state index < -0.39 is 0 Å². The lowest BCUT2D eigenvalue weighted by Crippen LogP contribution is -2.44. The van der Waals surface area contributed by atoms with E-state index in [1.807, 2.05) is 35.0 Å². The average Bonchev–Trinajstić information content (AvgIpc) is 2.97. The zero-order valence-corrected chi connectivity index (χ0v) is 13.5. The normalized spacial score (nSPS) is 21.3. The Morgan fingerprint density at radius 1 is 1.35 bits per heavy atom. The molecule has 1 saturated carbocycles. The molecule has 1 aromatic heterocycles. The molecule has 1 aromatic carbocycles. The molecule has 2 unspecified atom stereocenters. The summed E-state index contributed by atoms with van der Waals surface area (Å²) in [7, 11) is 1.65. The van der Waals surface area contributed by atoms with Gasteiger partial charge in [-0.05, 0) is 37.1 Å². The molecule has 1 fully saturated rings. The minimum atomic E-state index is 0.00340. The molecule has 5 heteroatoms. The lowest BCUT2D eigenvalue weighted by Gasteiger charge is -2.30. The maximum Gasteiger partial charge on any atom is 0.240 e. The molecular formula is C18H24N2O3. The summed E-state index contributed by atoms with van der Waals surface area (Å²) in [5.41, 5.74) is 1.02. The molecule has 0 aliphatic heterocycles. The van der Waals surface area contributed by atoms with Crippen LogP contribution in [0.3, 0.4) is 0 Å². The van der Waals surface area contributed by atoms with E-state index in [1.54, 1.807) is 7.11 Å². The van der Waals surface area contributed by atoms with Gasteiger partial charge in [0, 0.05) is 35.7 Å². The van der Waals surface area contributed by atoms with Gasteiger partial charge in [0.15, 0.2) is 0 Å². The van der Waals surface area contributed by atoms with Gasteiger partial charge in [-0.2, -0.15) is 0 Å². The number of carbonyl (C=O) groups excluding carboxylic acids is 1. The van der Waals surface area contributed by atoms with E-state index in [2.05, 4.69) is 5.32 Å². The number of aliphatic hydroxyl groups is 1. The molecule has 0 saturated heterocycles. The number of nitrogens with one attached hydrogen (secondary N) is 1. The van der Waals surface area contributed by atoms with Crippen LogP contribution in [0.15, 0.2) is 30.5 Å². The lowest BCUT2D eigenvalue weighted by molar-refractivity contribution is -0.123. The van der Waals surface area contributed by atoms with Crippen molar-refractivity contribution in [2.75, 3.05) is 13.7 Å². The van der Waals surface area contributed by atoms with Crippen LogP contribution in [0.1, 0.15) is 25.7 Å². The van der Waals surface area contributed by atoms with Crippen molar-refractivity contribution in [3.8, 4) is 5.75 Å². The number of carbonyl (C=O) groups is 1. The monoisotopic (exact) mass is 316 g/mol. The van der Waals surface area contributed by atoms with Crippen LogP contribution < -0.4 is 10.1 Å². The summed E-state index contributed by atoms with van der Waals surface area (Å²) >= 11 is 0. The topological polar surface area (TPSA) is 63.5 Å². The highest BCUT2D eigenvalue weighted by Gasteiger charge is 2.25. The molecule has 0 bridgehead atoms. The number of aliphatic hydroxyl groups excluding tert-OH is 1. The van der Waals surface area contributed by atoms with Crippen LogP contribution in [0.2, 0.25) is 0 Å². The Labute approximate surface area is 136 Å². The van der Waals surface area contributed by atoms with Crippen LogP contribution in [0.5, 0.6) is 5.75 Å². The number of ether oxygens (including phenoxy) is 1. The van der Waals surface area contributed by atoms with Gasteiger partial charge in [0.2, 0.25) is 5.91 Å². The number of hydrogen-bond acceptors (Lipinski definition) is 3. The fourth-order valence-electron chi connectivity index (χ4n) is 3.47. The highest BCUT2D eigenvalue weighted by atomic mass is 16.5. The van der Waals surface area contributed by atoms with Crippen molar-refractivity contribution < 1.29 is 14.6 Å². The molecule has 3 rings (SSSR count). The van der Waals surface area contributed by atoms with Crippen LogP contribution in [0.4, 0.5) is 0 Å². The Hall–Kier alpha value is -2.01. The molecule has 2 atom stereocenters. The zero-order chi connectivity index (χ0) is 16.2. The zero-order valence-electron chi connectivity index (χ0n) is 13.5. The molecule has 0 radical (unpaired) electrons. The summed E-state index contributed by atoms with van der Waals surface area (Å²) in [4.78, 5) is 12.4. The first kappa shape index (κ1) is 15.9. The van der Waals surface area contributed by atoms with Crippen LogP contribution in [0, 0.1) is 5.92 Å². The number of hydrogen-bond donors (Lipinski definition) is 2. The van der Waals surface area contributed by atoms with Crippen LogP contribution >= 0.6 is 0 Å².